The number of ketones is 1. The minimum Gasteiger partial charge on any atom is -0.292 e. The minimum atomic E-state index is -1.17. The lowest BCUT2D eigenvalue weighted by molar-refractivity contribution is -0.117. The number of benzene rings is 1. The van der Waals surface area contributed by atoms with Crippen LogP contribution in [-0.4, -0.2) is 27.7 Å². The number of carbonyl (C=O) groups excluding carboxylic acids is 3. The van der Waals surface area contributed by atoms with Gasteiger partial charge in [-0.2, -0.15) is 0 Å². The summed E-state index contributed by atoms with van der Waals surface area (Å²) in [5, 5.41) is 4.51. The van der Waals surface area contributed by atoms with Gasteiger partial charge in [0.2, 0.25) is 0 Å². The van der Waals surface area contributed by atoms with Crippen molar-refractivity contribution in [2.75, 3.05) is 10.2 Å². The molecule has 3 aromatic rings. The lowest BCUT2D eigenvalue weighted by Gasteiger charge is -2.16. The van der Waals surface area contributed by atoms with E-state index in [1.165, 1.54) is 29.9 Å². The van der Waals surface area contributed by atoms with Crippen LogP contribution in [0.2, 0.25) is 5.02 Å². The van der Waals surface area contributed by atoms with Gasteiger partial charge in [0.05, 0.1) is 16.8 Å². The molecule has 7 nitrogen and oxygen atoms in total. The molecule has 0 saturated carbocycles. The van der Waals surface area contributed by atoms with Crippen LogP contribution in [0.1, 0.15) is 21.2 Å². The molecule has 3 amide bonds. The van der Waals surface area contributed by atoms with Crippen molar-refractivity contribution in [1.29, 1.82) is 0 Å². The quantitative estimate of drug-likeness (QED) is 0.536. The van der Waals surface area contributed by atoms with Crippen LogP contribution in [0, 0.1) is 0 Å². The molecule has 3 heterocycles. The zero-order valence-electron chi connectivity index (χ0n) is 13.6. The molecule has 0 fully saturated rings. The molecule has 0 bridgehead atoms. The number of imide groups is 1. The maximum atomic E-state index is 13.0. The zero-order valence-corrected chi connectivity index (χ0v) is 15.2. The van der Waals surface area contributed by atoms with E-state index in [0.717, 1.165) is 4.90 Å². The number of Topliss-reactive ketones (excluding diaryl/α,β-unsaturated/α-hetero) is 1. The summed E-state index contributed by atoms with van der Waals surface area (Å²) in [7, 11) is 0. The minimum absolute atomic E-state index is 0.187. The lowest BCUT2D eigenvalue weighted by atomic mass is 9.95. The van der Waals surface area contributed by atoms with Gasteiger partial charge in [-0.25, -0.2) is 14.7 Å². The molecule has 1 unspecified atom stereocenters. The van der Waals surface area contributed by atoms with Gasteiger partial charge in [-0.05, 0) is 23.6 Å². The number of aromatic nitrogens is 2. The van der Waals surface area contributed by atoms with E-state index in [9.17, 15) is 14.4 Å². The largest absolute Gasteiger partial charge is 0.334 e. The van der Waals surface area contributed by atoms with Gasteiger partial charge in [-0.3, -0.25) is 19.9 Å². The fourth-order valence-electron chi connectivity index (χ4n) is 2.92. The summed E-state index contributed by atoms with van der Waals surface area (Å²) in [4.78, 5) is 47.8. The average Bonchev–Trinajstić information content (AvgIpc) is 3.29. The van der Waals surface area contributed by atoms with Gasteiger partial charge in [-0.1, -0.05) is 23.7 Å². The number of halogens is 1. The van der Waals surface area contributed by atoms with Gasteiger partial charge in [-0.15, -0.1) is 11.3 Å². The number of carbonyl (C=O) groups is 3. The first-order chi connectivity index (χ1) is 13.1. The number of urea groups is 1. The number of hydrogen-bond acceptors (Lipinski definition) is 6. The first-order valence-electron chi connectivity index (χ1n) is 7.85. The molecule has 0 saturated heterocycles. The van der Waals surface area contributed by atoms with E-state index < -0.39 is 17.9 Å². The van der Waals surface area contributed by atoms with Gasteiger partial charge in [0.1, 0.15) is 5.92 Å². The van der Waals surface area contributed by atoms with Crippen molar-refractivity contribution in [2.24, 2.45) is 0 Å². The molecular weight excluding hydrogens is 388 g/mol. The van der Waals surface area contributed by atoms with Gasteiger partial charge < -0.3 is 0 Å². The second-order valence-electron chi connectivity index (χ2n) is 5.64. The normalized spacial score (nSPS) is 15.5. The smallest absolute Gasteiger partial charge is 0.292 e. The first-order valence-corrected chi connectivity index (χ1v) is 9.11. The average molecular weight is 399 g/mol. The van der Waals surface area contributed by atoms with Gasteiger partial charge in [0.25, 0.3) is 5.91 Å². The maximum absolute atomic E-state index is 13.0. The van der Waals surface area contributed by atoms with Gasteiger partial charge in [0.15, 0.2) is 11.6 Å². The van der Waals surface area contributed by atoms with E-state index in [-0.39, 0.29) is 22.3 Å². The van der Waals surface area contributed by atoms with E-state index in [2.05, 4.69) is 15.3 Å². The fourth-order valence-corrected chi connectivity index (χ4v) is 3.89. The molecule has 1 aromatic carbocycles. The summed E-state index contributed by atoms with van der Waals surface area (Å²) in [5.74, 6) is -2.02. The van der Waals surface area contributed by atoms with E-state index in [1.807, 2.05) is 0 Å². The van der Waals surface area contributed by atoms with Crippen LogP contribution >= 0.6 is 22.9 Å². The highest BCUT2D eigenvalue weighted by molar-refractivity contribution is 7.12. The van der Waals surface area contributed by atoms with Crippen LogP contribution in [0.3, 0.4) is 0 Å². The van der Waals surface area contributed by atoms with Crippen molar-refractivity contribution in [3.05, 3.63) is 69.8 Å². The predicted molar refractivity (Wildman–Crippen MR) is 101 cm³/mol. The number of hydrogen-bond donors (Lipinski definition) is 1. The topological polar surface area (TPSA) is 92.3 Å². The van der Waals surface area contributed by atoms with Crippen molar-refractivity contribution in [1.82, 2.24) is 9.97 Å². The Morgan fingerprint density at radius 3 is 2.74 bits per heavy atom. The third-order valence-corrected chi connectivity index (χ3v) is 5.27. The Hall–Kier alpha value is -3.10. The summed E-state index contributed by atoms with van der Waals surface area (Å²) in [6.45, 7) is 0. The molecule has 1 N–H and O–H groups in total. The highest BCUT2D eigenvalue weighted by Gasteiger charge is 2.46. The fraction of sp³-hybridized carbons (Fsp3) is 0.0556. The Balaban J connectivity index is 1.74. The van der Waals surface area contributed by atoms with E-state index in [1.54, 1.807) is 35.7 Å². The highest BCUT2D eigenvalue weighted by atomic mass is 35.5. The molecule has 2 aromatic heterocycles. The predicted octanol–water partition coefficient (Wildman–Crippen LogP) is 3.74. The van der Waals surface area contributed by atoms with Crippen molar-refractivity contribution in [2.45, 2.75) is 5.92 Å². The SMILES string of the molecule is O=C(c1cccs1)C1C(=O)N(C(=O)Nc2cnccn2)c2cccc(Cl)c21. The van der Waals surface area contributed by atoms with E-state index in [0.29, 0.717) is 10.4 Å². The molecule has 134 valence electrons. The number of thiophene rings is 1. The van der Waals surface area contributed by atoms with E-state index in [4.69, 9.17) is 11.6 Å². The molecule has 0 radical (unpaired) electrons. The summed E-state index contributed by atoms with van der Waals surface area (Å²) in [5.41, 5.74) is 0.612. The second kappa shape index (κ2) is 6.90. The monoisotopic (exact) mass is 398 g/mol. The number of nitrogens with one attached hydrogen (secondary N) is 1. The summed E-state index contributed by atoms with van der Waals surface area (Å²) in [6.07, 6.45) is 4.22. The molecule has 1 aliphatic rings. The third-order valence-electron chi connectivity index (χ3n) is 4.05. The second-order valence-corrected chi connectivity index (χ2v) is 7.00. The number of anilines is 2. The summed E-state index contributed by atoms with van der Waals surface area (Å²) < 4.78 is 0. The van der Waals surface area contributed by atoms with Crippen LogP contribution in [-0.2, 0) is 4.79 Å². The Morgan fingerprint density at radius 1 is 1.19 bits per heavy atom. The molecule has 1 aliphatic heterocycles. The zero-order chi connectivity index (χ0) is 19.0. The standard InChI is InChI=1S/C18H11ClN4O3S/c19-10-3-1-4-11-14(10)15(16(24)12-5-2-8-27-12)17(25)23(11)18(26)22-13-9-20-6-7-21-13/h1-9,15H,(H,21,22,26). The third kappa shape index (κ3) is 2.98. The number of nitrogens with zero attached hydrogens (tertiary/aromatic N) is 3. The van der Waals surface area contributed by atoms with Crippen molar-refractivity contribution in [3.8, 4) is 0 Å². The Kier molecular flexibility index (Phi) is 4.43. The summed E-state index contributed by atoms with van der Waals surface area (Å²) >= 11 is 7.51. The maximum Gasteiger partial charge on any atom is 0.334 e. The van der Waals surface area contributed by atoms with Crippen molar-refractivity contribution >= 4 is 52.2 Å². The first kappa shape index (κ1) is 17.3. The molecule has 0 aliphatic carbocycles. The van der Waals surface area contributed by atoms with Crippen molar-refractivity contribution < 1.29 is 14.4 Å². The van der Waals surface area contributed by atoms with E-state index >= 15 is 0 Å². The van der Waals surface area contributed by atoms with Crippen LogP contribution in [0.5, 0.6) is 0 Å². The van der Waals surface area contributed by atoms with Crippen LogP contribution in [0.15, 0.2) is 54.3 Å². The Labute approximate surface area is 162 Å². The molecule has 1 atom stereocenters. The molecular formula is C18H11ClN4O3S. The van der Waals surface area contributed by atoms with Crippen molar-refractivity contribution in [3.63, 3.8) is 0 Å². The molecule has 27 heavy (non-hydrogen) atoms. The molecule has 0 spiro atoms. The number of fused-ring (bicyclic) bond motifs is 1. The lowest BCUT2D eigenvalue weighted by Crippen LogP contribution is -2.39. The Morgan fingerprint density at radius 2 is 2.04 bits per heavy atom. The Bertz CT molecular complexity index is 1040. The highest BCUT2D eigenvalue weighted by Crippen LogP contribution is 2.43. The van der Waals surface area contributed by atoms with Gasteiger partial charge in [0, 0.05) is 23.0 Å². The number of amides is 3. The van der Waals surface area contributed by atoms with Crippen LogP contribution in [0.25, 0.3) is 0 Å². The molecule has 4 rings (SSSR count). The van der Waals surface area contributed by atoms with Crippen LogP contribution in [0.4, 0.5) is 16.3 Å². The van der Waals surface area contributed by atoms with Gasteiger partial charge >= 0.3 is 6.03 Å². The number of rotatable bonds is 3. The summed E-state index contributed by atoms with van der Waals surface area (Å²) in [6, 6.07) is 7.42. The molecule has 9 heteroatoms. The van der Waals surface area contributed by atoms with Crippen LogP contribution < -0.4 is 10.2 Å².